The Morgan fingerprint density at radius 1 is 1.29 bits per heavy atom. The zero-order valence-electron chi connectivity index (χ0n) is 12.1. The van der Waals surface area contributed by atoms with Crippen LogP contribution in [0.25, 0.3) is 0 Å². The van der Waals surface area contributed by atoms with E-state index in [0.717, 1.165) is 0 Å². The summed E-state index contributed by atoms with van der Waals surface area (Å²) in [5.74, 6) is -0.468. The van der Waals surface area contributed by atoms with Gasteiger partial charge < -0.3 is 15.6 Å². The van der Waals surface area contributed by atoms with E-state index < -0.39 is 10.8 Å². The summed E-state index contributed by atoms with van der Waals surface area (Å²) in [6.07, 6.45) is 0. The van der Waals surface area contributed by atoms with Crippen LogP contribution in [0, 0.1) is 21.4 Å². The Morgan fingerprint density at radius 2 is 2.00 bits per heavy atom. The van der Waals surface area contributed by atoms with Gasteiger partial charge in [-0.1, -0.05) is 17.7 Å². The molecule has 1 atom stereocenters. The Labute approximate surface area is 141 Å². The fourth-order valence-corrected chi connectivity index (χ4v) is 2.91. The highest BCUT2D eigenvalue weighted by Gasteiger charge is 2.32. The van der Waals surface area contributed by atoms with Crippen LogP contribution < -0.4 is 10.5 Å². The van der Waals surface area contributed by atoms with E-state index in [1.165, 1.54) is 30.3 Å². The number of nitrogens with zero attached hydrogens (tertiary/aromatic N) is 2. The number of non-ortho nitro benzene ring substituents is 1. The van der Waals surface area contributed by atoms with Gasteiger partial charge in [0.05, 0.1) is 15.9 Å². The van der Waals surface area contributed by atoms with Gasteiger partial charge in [0.2, 0.25) is 5.88 Å². The topological polar surface area (TPSA) is 122 Å². The molecule has 2 aromatic rings. The molecule has 0 unspecified atom stereocenters. The lowest BCUT2D eigenvalue weighted by Gasteiger charge is -2.27. The van der Waals surface area contributed by atoms with E-state index in [0.29, 0.717) is 16.9 Å². The van der Waals surface area contributed by atoms with Crippen LogP contribution in [0.2, 0.25) is 5.02 Å². The van der Waals surface area contributed by atoms with Gasteiger partial charge in [0.1, 0.15) is 23.1 Å². The second kappa shape index (κ2) is 5.76. The number of nitriles is 1. The van der Waals surface area contributed by atoms with E-state index in [1.807, 2.05) is 6.07 Å². The SMILES string of the molecule is N#CC1=C(N)Oc2cc(O)ccc2[C@H]1c1ccc([N+](=O)[O-])cc1Cl. The Hall–Kier alpha value is -3.24. The quantitative estimate of drug-likeness (QED) is 0.637. The standard InChI is InChI=1S/C16H10ClN3O4/c17-13-5-8(20(22)23)1-3-10(13)15-11-4-2-9(21)6-14(11)24-16(19)12(15)7-18/h1-6,15,21H,19H2/t15-/m1/s1. The lowest BCUT2D eigenvalue weighted by molar-refractivity contribution is -0.384. The maximum absolute atomic E-state index is 10.9. The largest absolute Gasteiger partial charge is 0.508 e. The summed E-state index contributed by atoms with van der Waals surface area (Å²) in [4.78, 5) is 10.3. The second-order valence-electron chi connectivity index (χ2n) is 5.11. The van der Waals surface area contributed by atoms with Gasteiger partial charge in [-0.15, -0.1) is 0 Å². The first-order valence-corrected chi connectivity index (χ1v) is 7.14. The minimum absolute atomic E-state index is 0.0181. The first-order chi connectivity index (χ1) is 11.4. The number of allylic oxidation sites excluding steroid dienone is 1. The molecule has 0 bridgehead atoms. The summed E-state index contributed by atoms with van der Waals surface area (Å²) in [7, 11) is 0. The summed E-state index contributed by atoms with van der Waals surface area (Å²) < 4.78 is 5.39. The van der Waals surface area contributed by atoms with Crippen molar-refractivity contribution in [3.63, 3.8) is 0 Å². The number of nitrogens with two attached hydrogens (primary N) is 1. The van der Waals surface area contributed by atoms with Crippen LogP contribution in [0.15, 0.2) is 47.9 Å². The number of fused-ring (bicyclic) bond motifs is 1. The average molecular weight is 344 g/mol. The van der Waals surface area contributed by atoms with Crippen LogP contribution in [-0.4, -0.2) is 10.0 Å². The first kappa shape index (κ1) is 15.6. The number of phenolic OH excluding ortho intramolecular Hbond substituents is 1. The molecule has 0 amide bonds. The third-order valence-electron chi connectivity index (χ3n) is 3.71. The molecule has 0 saturated heterocycles. The lowest BCUT2D eigenvalue weighted by Crippen LogP contribution is -2.21. The Bertz CT molecular complexity index is 933. The fourth-order valence-electron chi connectivity index (χ4n) is 2.63. The Balaban J connectivity index is 2.22. The molecule has 1 aliphatic heterocycles. The monoisotopic (exact) mass is 343 g/mol. The Morgan fingerprint density at radius 3 is 2.62 bits per heavy atom. The molecule has 0 radical (unpaired) electrons. The molecule has 1 heterocycles. The van der Waals surface area contributed by atoms with Gasteiger partial charge in [-0.2, -0.15) is 5.26 Å². The Kier molecular flexibility index (Phi) is 3.75. The van der Waals surface area contributed by atoms with Crippen molar-refractivity contribution in [1.29, 1.82) is 5.26 Å². The molecule has 3 N–H and O–H groups in total. The van der Waals surface area contributed by atoms with Gasteiger partial charge in [0, 0.05) is 23.8 Å². The predicted molar refractivity (Wildman–Crippen MR) is 85.5 cm³/mol. The van der Waals surface area contributed by atoms with Gasteiger partial charge in [-0.05, 0) is 17.7 Å². The van der Waals surface area contributed by atoms with E-state index in [9.17, 15) is 20.5 Å². The number of phenols is 1. The van der Waals surface area contributed by atoms with Crippen LogP contribution in [-0.2, 0) is 0 Å². The number of hydrogen-bond acceptors (Lipinski definition) is 6. The zero-order valence-corrected chi connectivity index (χ0v) is 12.8. The summed E-state index contributed by atoms with van der Waals surface area (Å²) >= 11 is 6.21. The van der Waals surface area contributed by atoms with Crippen molar-refractivity contribution < 1.29 is 14.8 Å². The highest BCUT2D eigenvalue weighted by atomic mass is 35.5. The zero-order chi connectivity index (χ0) is 17.4. The van der Waals surface area contributed by atoms with Gasteiger partial charge in [-0.3, -0.25) is 10.1 Å². The van der Waals surface area contributed by atoms with Crippen molar-refractivity contribution in [2.45, 2.75) is 5.92 Å². The molecule has 8 heteroatoms. The molecule has 24 heavy (non-hydrogen) atoms. The second-order valence-corrected chi connectivity index (χ2v) is 5.52. The van der Waals surface area contributed by atoms with E-state index in [4.69, 9.17) is 22.1 Å². The molecule has 0 spiro atoms. The number of benzene rings is 2. The summed E-state index contributed by atoms with van der Waals surface area (Å²) in [5.41, 5.74) is 6.86. The fraction of sp³-hybridized carbons (Fsp3) is 0.0625. The first-order valence-electron chi connectivity index (χ1n) is 6.76. The smallest absolute Gasteiger partial charge is 0.270 e. The van der Waals surface area contributed by atoms with E-state index in [-0.39, 0.29) is 27.9 Å². The molecule has 2 aromatic carbocycles. The van der Waals surface area contributed by atoms with Crippen molar-refractivity contribution in [3.8, 4) is 17.6 Å². The molecule has 0 saturated carbocycles. The number of nitro benzene ring substituents is 1. The minimum Gasteiger partial charge on any atom is -0.508 e. The normalized spacial score (nSPS) is 16.1. The van der Waals surface area contributed by atoms with Gasteiger partial charge >= 0.3 is 0 Å². The molecule has 3 rings (SSSR count). The maximum atomic E-state index is 10.9. The van der Waals surface area contributed by atoms with Crippen molar-refractivity contribution >= 4 is 17.3 Å². The van der Waals surface area contributed by atoms with Crippen LogP contribution in [0.3, 0.4) is 0 Å². The predicted octanol–water partition coefficient (Wildman–Crippen LogP) is 3.17. The van der Waals surface area contributed by atoms with Crippen molar-refractivity contribution in [1.82, 2.24) is 0 Å². The third-order valence-corrected chi connectivity index (χ3v) is 4.04. The van der Waals surface area contributed by atoms with E-state index in [1.54, 1.807) is 6.07 Å². The van der Waals surface area contributed by atoms with E-state index >= 15 is 0 Å². The highest BCUT2D eigenvalue weighted by molar-refractivity contribution is 6.31. The van der Waals surface area contributed by atoms with Gasteiger partial charge in [0.15, 0.2) is 0 Å². The van der Waals surface area contributed by atoms with Crippen LogP contribution in [0.4, 0.5) is 5.69 Å². The van der Waals surface area contributed by atoms with Gasteiger partial charge in [-0.25, -0.2) is 0 Å². The van der Waals surface area contributed by atoms with E-state index in [2.05, 4.69) is 0 Å². The summed E-state index contributed by atoms with van der Waals surface area (Å²) in [6, 6.07) is 10.4. The molecular weight excluding hydrogens is 334 g/mol. The number of aromatic hydroxyl groups is 1. The number of nitro groups is 1. The number of hydrogen-bond donors (Lipinski definition) is 2. The van der Waals surface area contributed by atoms with Gasteiger partial charge in [0.25, 0.3) is 5.69 Å². The molecular formula is C16H10ClN3O4. The maximum Gasteiger partial charge on any atom is 0.270 e. The minimum atomic E-state index is -0.646. The van der Waals surface area contributed by atoms with Crippen molar-refractivity contribution in [2.24, 2.45) is 5.73 Å². The molecule has 0 aliphatic carbocycles. The van der Waals surface area contributed by atoms with Crippen molar-refractivity contribution in [3.05, 3.63) is 74.1 Å². The summed E-state index contributed by atoms with van der Waals surface area (Å²) in [6.45, 7) is 0. The molecule has 0 fully saturated rings. The number of ether oxygens (including phenoxy) is 1. The molecule has 7 nitrogen and oxygen atoms in total. The molecule has 120 valence electrons. The third kappa shape index (κ3) is 2.49. The highest BCUT2D eigenvalue weighted by Crippen LogP contribution is 2.45. The molecule has 1 aliphatic rings. The number of rotatable bonds is 2. The lowest BCUT2D eigenvalue weighted by atomic mass is 9.83. The average Bonchev–Trinajstić information content (AvgIpc) is 2.53. The van der Waals surface area contributed by atoms with Crippen LogP contribution >= 0.6 is 11.6 Å². The number of halogens is 1. The molecule has 0 aromatic heterocycles. The van der Waals surface area contributed by atoms with Crippen molar-refractivity contribution in [2.75, 3.05) is 0 Å². The van der Waals surface area contributed by atoms with Crippen LogP contribution in [0.5, 0.6) is 11.5 Å². The van der Waals surface area contributed by atoms with Crippen LogP contribution in [0.1, 0.15) is 17.0 Å². The summed E-state index contributed by atoms with van der Waals surface area (Å²) in [5, 5.41) is 30.0.